The van der Waals surface area contributed by atoms with Crippen LogP contribution in [-0.4, -0.2) is 20.4 Å². The van der Waals surface area contributed by atoms with E-state index in [1.807, 2.05) is 24.4 Å². The fraction of sp³-hybridized carbons (Fsp3) is 0.250. The zero-order valence-corrected chi connectivity index (χ0v) is 18.1. The second-order valence-corrected chi connectivity index (χ2v) is 10.7. The van der Waals surface area contributed by atoms with Crippen LogP contribution in [0.15, 0.2) is 58.8 Å². The summed E-state index contributed by atoms with van der Waals surface area (Å²) in [5.41, 5.74) is 0.327. The summed E-state index contributed by atoms with van der Waals surface area (Å²) >= 11 is 3.20. The van der Waals surface area contributed by atoms with E-state index in [-0.39, 0.29) is 23.4 Å². The summed E-state index contributed by atoms with van der Waals surface area (Å²) in [6.45, 7) is 4.22. The first-order chi connectivity index (χ1) is 13.3. The Hall–Kier alpha value is -2.00. The van der Waals surface area contributed by atoms with Crippen LogP contribution >= 0.6 is 22.7 Å². The molecule has 0 aliphatic rings. The number of carbonyl (C=O) groups is 1. The smallest absolute Gasteiger partial charge is 0.251 e. The number of hydrogen-bond acceptors (Lipinski definition) is 5. The highest BCUT2D eigenvalue weighted by atomic mass is 32.2. The lowest BCUT2D eigenvalue weighted by Crippen LogP contribution is -2.34. The van der Waals surface area contributed by atoms with Crippen LogP contribution in [-0.2, 0) is 23.0 Å². The van der Waals surface area contributed by atoms with Gasteiger partial charge in [-0.3, -0.25) is 4.79 Å². The van der Waals surface area contributed by atoms with Gasteiger partial charge in [-0.05, 0) is 55.6 Å². The van der Waals surface area contributed by atoms with Gasteiger partial charge in [0.05, 0.1) is 4.90 Å². The molecule has 0 saturated heterocycles. The standard InChI is InChI=1S/C20H22N2O3S3/c1-14(11-17-9-8-15(2)27-17)22-20(23)16-5-3-7-19(12-16)28(24,25)21-13-18-6-4-10-26-18/h3-10,12,14,21H,11,13H2,1-2H3,(H,22,23). The molecule has 0 saturated carbocycles. The molecule has 3 aromatic rings. The number of rotatable bonds is 8. The minimum absolute atomic E-state index is 0.0530. The molecule has 2 N–H and O–H groups in total. The van der Waals surface area contributed by atoms with Gasteiger partial charge in [-0.2, -0.15) is 0 Å². The summed E-state index contributed by atoms with van der Waals surface area (Å²) in [7, 11) is -3.69. The molecular formula is C20H22N2O3S3. The molecule has 148 valence electrons. The number of nitrogens with one attached hydrogen (secondary N) is 2. The van der Waals surface area contributed by atoms with Crippen molar-refractivity contribution in [3.63, 3.8) is 0 Å². The molecule has 0 radical (unpaired) electrons. The molecule has 2 aromatic heterocycles. The highest BCUT2D eigenvalue weighted by Crippen LogP contribution is 2.17. The molecule has 1 unspecified atom stereocenters. The van der Waals surface area contributed by atoms with Gasteiger partial charge in [0.15, 0.2) is 0 Å². The van der Waals surface area contributed by atoms with E-state index in [0.29, 0.717) is 5.56 Å². The fourth-order valence-corrected chi connectivity index (χ4v) is 5.53. The van der Waals surface area contributed by atoms with Crippen molar-refractivity contribution in [1.82, 2.24) is 10.0 Å². The van der Waals surface area contributed by atoms with Gasteiger partial charge in [0, 0.05) is 39.2 Å². The van der Waals surface area contributed by atoms with E-state index in [1.54, 1.807) is 23.5 Å². The monoisotopic (exact) mass is 434 g/mol. The average molecular weight is 435 g/mol. The fourth-order valence-electron chi connectivity index (χ4n) is 2.72. The van der Waals surface area contributed by atoms with Gasteiger partial charge in [0.2, 0.25) is 10.0 Å². The van der Waals surface area contributed by atoms with E-state index in [9.17, 15) is 13.2 Å². The van der Waals surface area contributed by atoms with Crippen LogP contribution in [0, 0.1) is 6.92 Å². The van der Waals surface area contributed by atoms with Crippen molar-refractivity contribution >= 4 is 38.6 Å². The van der Waals surface area contributed by atoms with E-state index in [0.717, 1.165) is 11.3 Å². The predicted octanol–water partition coefficient (Wildman–Crippen LogP) is 3.96. The zero-order chi connectivity index (χ0) is 20.1. The van der Waals surface area contributed by atoms with Crippen LogP contribution in [0.2, 0.25) is 0 Å². The molecule has 1 amide bonds. The highest BCUT2D eigenvalue weighted by molar-refractivity contribution is 7.89. The maximum Gasteiger partial charge on any atom is 0.251 e. The van der Waals surface area contributed by atoms with Gasteiger partial charge in [-0.1, -0.05) is 12.1 Å². The molecule has 0 aliphatic heterocycles. The van der Waals surface area contributed by atoms with Crippen molar-refractivity contribution in [1.29, 1.82) is 0 Å². The molecule has 0 fully saturated rings. The topological polar surface area (TPSA) is 75.3 Å². The van der Waals surface area contributed by atoms with Gasteiger partial charge in [-0.25, -0.2) is 13.1 Å². The Morgan fingerprint density at radius 3 is 2.61 bits per heavy atom. The molecule has 28 heavy (non-hydrogen) atoms. The van der Waals surface area contributed by atoms with Crippen LogP contribution in [0.5, 0.6) is 0 Å². The first kappa shape index (κ1) is 20.7. The third-order valence-electron chi connectivity index (χ3n) is 4.10. The molecule has 1 aromatic carbocycles. The summed E-state index contributed by atoms with van der Waals surface area (Å²) in [4.78, 5) is 16.0. The summed E-state index contributed by atoms with van der Waals surface area (Å²) in [5.74, 6) is -0.281. The van der Waals surface area contributed by atoms with E-state index in [1.165, 1.54) is 33.2 Å². The van der Waals surface area contributed by atoms with Crippen LogP contribution in [0.25, 0.3) is 0 Å². The molecule has 8 heteroatoms. The quantitative estimate of drug-likeness (QED) is 0.564. The lowest BCUT2D eigenvalue weighted by molar-refractivity contribution is 0.0940. The molecule has 0 aliphatic carbocycles. The molecule has 3 rings (SSSR count). The first-order valence-corrected chi connectivity index (χ1v) is 12.0. The number of benzene rings is 1. The summed E-state index contributed by atoms with van der Waals surface area (Å²) in [6.07, 6.45) is 0.741. The molecule has 0 spiro atoms. The minimum atomic E-state index is -3.69. The summed E-state index contributed by atoms with van der Waals surface area (Å²) in [6, 6.07) is 13.9. The van der Waals surface area contributed by atoms with E-state index in [2.05, 4.69) is 29.1 Å². The van der Waals surface area contributed by atoms with Gasteiger partial charge < -0.3 is 5.32 Å². The van der Waals surface area contributed by atoms with Crippen LogP contribution in [0.3, 0.4) is 0 Å². The number of carbonyl (C=O) groups excluding carboxylic acids is 1. The Bertz CT molecular complexity index is 1040. The molecule has 2 heterocycles. The third-order valence-corrected chi connectivity index (χ3v) is 7.40. The summed E-state index contributed by atoms with van der Waals surface area (Å²) < 4.78 is 27.6. The van der Waals surface area contributed by atoms with Crippen molar-refractivity contribution in [2.75, 3.05) is 0 Å². The maximum atomic E-state index is 12.6. The van der Waals surface area contributed by atoms with E-state index < -0.39 is 10.0 Å². The number of hydrogen-bond donors (Lipinski definition) is 2. The molecule has 1 atom stereocenters. The Morgan fingerprint density at radius 2 is 1.93 bits per heavy atom. The first-order valence-electron chi connectivity index (χ1n) is 8.82. The normalized spacial score (nSPS) is 12.6. The highest BCUT2D eigenvalue weighted by Gasteiger charge is 2.17. The number of thiophene rings is 2. The lowest BCUT2D eigenvalue weighted by Gasteiger charge is -2.14. The third kappa shape index (κ3) is 5.51. The second kappa shape index (κ2) is 9.00. The maximum absolute atomic E-state index is 12.6. The Labute approximate surface area is 173 Å². The zero-order valence-electron chi connectivity index (χ0n) is 15.6. The summed E-state index contributed by atoms with van der Waals surface area (Å²) in [5, 5.41) is 4.84. The predicted molar refractivity (Wildman–Crippen MR) is 114 cm³/mol. The van der Waals surface area contributed by atoms with Gasteiger partial charge in [0.1, 0.15) is 0 Å². The average Bonchev–Trinajstić information content (AvgIpc) is 3.32. The lowest BCUT2D eigenvalue weighted by atomic mass is 10.1. The SMILES string of the molecule is Cc1ccc(CC(C)NC(=O)c2cccc(S(=O)(=O)NCc3cccs3)c2)s1. The van der Waals surface area contributed by atoms with Crippen molar-refractivity contribution in [3.8, 4) is 0 Å². The van der Waals surface area contributed by atoms with Crippen molar-refractivity contribution in [2.24, 2.45) is 0 Å². The Morgan fingerprint density at radius 1 is 1.11 bits per heavy atom. The molecular weight excluding hydrogens is 412 g/mol. The van der Waals surface area contributed by atoms with E-state index in [4.69, 9.17) is 0 Å². The van der Waals surface area contributed by atoms with Gasteiger partial charge >= 0.3 is 0 Å². The van der Waals surface area contributed by atoms with Gasteiger partial charge in [-0.15, -0.1) is 22.7 Å². The van der Waals surface area contributed by atoms with E-state index >= 15 is 0 Å². The van der Waals surface area contributed by atoms with Crippen molar-refractivity contribution < 1.29 is 13.2 Å². The number of sulfonamides is 1. The number of amides is 1. The molecule has 5 nitrogen and oxygen atoms in total. The Balaban J connectivity index is 1.65. The Kier molecular flexibility index (Phi) is 6.66. The van der Waals surface area contributed by atoms with Crippen LogP contribution in [0.4, 0.5) is 0 Å². The van der Waals surface area contributed by atoms with Crippen LogP contribution < -0.4 is 10.0 Å². The van der Waals surface area contributed by atoms with Crippen LogP contribution in [0.1, 0.15) is 31.9 Å². The molecule has 0 bridgehead atoms. The second-order valence-electron chi connectivity index (χ2n) is 6.52. The minimum Gasteiger partial charge on any atom is -0.349 e. The van der Waals surface area contributed by atoms with Crippen molar-refractivity contribution in [2.45, 2.75) is 37.8 Å². The number of aryl methyl sites for hydroxylation is 1. The van der Waals surface area contributed by atoms with Crippen molar-refractivity contribution in [3.05, 3.63) is 74.1 Å². The largest absolute Gasteiger partial charge is 0.349 e. The van der Waals surface area contributed by atoms with Gasteiger partial charge in [0.25, 0.3) is 5.91 Å².